The maximum Gasteiger partial charge on any atom is 0.375 e. The van der Waals surface area contributed by atoms with E-state index in [1.165, 1.54) is 0 Å². The summed E-state index contributed by atoms with van der Waals surface area (Å²) in [5.41, 5.74) is 1.09. The van der Waals surface area contributed by atoms with E-state index in [-0.39, 0.29) is 18.3 Å². The van der Waals surface area contributed by atoms with Crippen LogP contribution >= 0.6 is 0 Å². The van der Waals surface area contributed by atoms with Gasteiger partial charge in [0.25, 0.3) is 5.91 Å². The lowest BCUT2D eigenvalue weighted by Crippen LogP contribution is -2.42. The highest BCUT2D eigenvalue weighted by Crippen LogP contribution is 2.27. The van der Waals surface area contributed by atoms with E-state index in [0.29, 0.717) is 24.3 Å². The number of imide groups is 1. The van der Waals surface area contributed by atoms with Crippen LogP contribution in [-0.2, 0) is 20.9 Å². The van der Waals surface area contributed by atoms with Gasteiger partial charge in [-0.3, -0.25) is 10.1 Å². The third-order valence-corrected chi connectivity index (χ3v) is 3.59. The summed E-state index contributed by atoms with van der Waals surface area (Å²) in [5, 5.41) is 5.38. The van der Waals surface area contributed by atoms with E-state index >= 15 is 0 Å². The largest absolute Gasteiger partial charge is 0.450 e. The van der Waals surface area contributed by atoms with Crippen molar-refractivity contribution in [1.82, 2.24) is 10.6 Å². The van der Waals surface area contributed by atoms with E-state index in [4.69, 9.17) is 13.9 Å². The third-order valence-electron chi connectivity index (χ3n) is 3.59. The van der Waals surface area contributed by atoms with E-state index < -0.39 is 24.5 Å². The zero-order chi connectivity index (χ0) is 19.8. The number of amides is 3. The Hall–Kier alpha value is -2.87. The molecular formula is C19H24N2O6. The molecule has 0 saturated carbocycles. The van der Waals surface area contributed by atoms with Gasteiger partial charge in [-0.05, 0) is 18.9 Å². The number of rotatable bonds is 8. The number of carbonyl (C=O) groups excluding carboxylic acids is 3. The zero-order valence-electron chi connectivity index (χ0n) is 15.7. The van der Waals surface area contributed by atoms with Crippen molar-refractivity contribution >= 4 is 28.9 Å². The van der Waals surface area contributed by atoms with Gasteiger partial charge >= 0.3 is 12.0 Å². The molecule has 8 heteroatoms. The average molecular weight is 376 g/mol. The number of carbonyl (C=O) groups is 3. The Bertz CT molecular complexity index is 812. The monoisotopic (exact) mass is 376 g/mol. The molecule has 2 rings (SSSR count). The number of esters is 1. The fourth-order valence-electron chi connectivity index (χ4n) is 2.31. The van der Waals surface area contributed by atoms with Gasteiger partial charge in [-0.1, -0.05) is 32.0 Å². The van der Waals surface area contributed by atoms with E-state index in [1.54, 1.807) is 12.1 Å². The molecule has 0 radical (unpaired) electrons. The second-order valence-electron chi connectivity index (χ2n) is 6.27. The molecule has 0 unspecified atom stereocenters. The number of nitrogens with one attached hydrogen (secondary N) is 2. The second kappa shape index (κ2) is 9.72. The van der Waals surface area contributed by atoms with Crippen LogP contribution in [0.4, 0.5) is 4.79 Å². The molecule has 0 aliphatic heterocycles. The highest BCUT2D eigenvalue weighted by molar-refractivity contribution is 5.98. The summed E-state index contributed by atoms with van der Waals surface area (Å²) in [5.74, 6) is -1.28. The predicted molar refractivity (Wildman–Crippen MR) is 98.2 cm³/mol. The predicted octanol–water partition coefficient (Wildman–Crippen LogP) is 2.61. The van der Waals surface area contributed by atoms with Crippen molar-refractivity contribution in [2.45, 2.75) is 27.4 Å². The molecule has 0 aliphatic carbocycles. The number of hydrogen-bond acceptors (Lipinski definition) is 6. The maximum atomic E-state index is 12.4. The van der Waals surface area contributed by atoms with Crippen molar-refractivity contribution in [2.75, 3.05) is 19.8 Å². The molecule has 1 heterocycles. The van der Waals surface area contributed by atoms with Gasteiger partial charge in [-0.15, -0.1) is 0 Å². The fraction of sp³-hybridized carbons (Fsp3) is 0.421. The van der Waals surface area contributed by atoms with Crippen LogP contribution in [0.25, 0.3) is 11.0 Å². The van der Waals surface area contributed by atoms with Crippen LogP contribution in [0.5, 0.6) is 0 Å². The third kappa shape index (κ3) is 5.82. The van der Waals surface area contributed by atoms with E-state index in [9.17, 15) is 14.4 Å². The Morgan fingerprint density at radius 3 is 2.63 bits per heavy atom. The van der Waals surface area contributed by atoms with Crippen molar-refractivity contribution in [3.05, 3.63) is 35.6 Å². The number of urea groups is 1. The molecule has 3 amide bonds. The van der Waals surface area contributed by atoms with Gasteiger partial charge < -0.3 is 19.2 Å². The van der Waals surface area contributed by atoms with Gasteiger partial charge in [-0.25, -0.2) is 9.59 Å². The molecule has 0 bridgehead atoms. The summed E-state index contributed by atoms with van der Waals surface area (Å²) in [7, 11) is 0. The van der Waals surface area contributed by atoms with Gasteiger partial charge in [-0.2, -0.15) is 0 Å². The first-order valence-electron chi connectivity index (χ1n) is 8.75. The first-order valence-corrected chi connectivity index (χ1v) is 8.75. The SMILES string of the molecule is CCOCc1c(C(=O)OCC(=O)NC(=O)NCC(C)C)oc2ccccc12. The summed E-state index contributed by atoms with van der Waals surface area (Å²) < 4.78 is 16.0. The molecule has 2 aromatic rings. The lowest BCUT2D eigenvalue weighted by Gasteiger charge is -2.09. The number of hydrogen-bond donors (Lipinski definition) is 2. The van der Waals surface area contributed by atoms with Crippen molar-refractivity contribution < 1.29 is 28.3 Å². The maximum absolute atomic E-state index is 12.4. The molecule has 0 aliphatic rings. The first kappa shape index (κ1) is 20.4. The van der Waals surface area contributed by atoms with E-state index in [2.05, 4.69) is 10.6 Å². The Morgan fingerprint density at radius 2 is 1.93 bits per heavy atom. The van der Waals surface area contributed by atoms with Crippen LogP contribution in [-0.4, -0.2) is 37.7 Å². The van der Waals surface area contributed by atoms with Gasteiger partial charge in [0, 0.05) is 24.1 Å². The first-order chi connectivity index (χ1) is 12.9. The second-order valence-corrected chi connectivity index (χ2v) is 6.27. The van der Waals surface area contributed by atoms with Crippen LogP contribution < -0.4 is 10.6 Å². The smallest absolute Gasteiger partial charge is 0.375 e. The van der Waals surface area contributed by atoms with E-state index in [0.717, 1.165) is 5.39 Å². The minimum Gasteiger partial charge on any atom is -0.450 e. The molecule has 0 spiro atoms. The summed E-state index contributed by atoms with van der Waals surface area (Å²) in [6.45, 7) is 6.18. The number of benzene rings is 1. The van der Waals surface area contributed by atoms with Crippen LogP contribution in [0.15, 0.2) is 28.7 Å². The number of fused-ring (bicyclic) bond motifs is 1. The lowest BCUT2D eigenvalue weighted by atomic mass is 10.1. The highest BCUT2D eigenvalue weighted by Gasteiger charge is 2.23. The number of ether oxygens (including phenoxy) is 2. The molecule has 146 valence electrons. The quantitative estimate of drug-likeness (QED) is 0.686. The standard InChI is InChI=1S/C19H24N2O6/c1-4-25-10-14-13-7-5-6-8-15(13)27-17(14)18(23)26-11-16(22)21-19(24)20-9-12(2)3/h5-8,12H,4,9-11H2,1-3H3,(H2,20,21,22,24). The molecule has 1 aromatic carbocycles. The van der Waals surface area contributed by atoms with Crippen LogP contribution in [0.2, 0.25) is 0 Å². The summed E-state index contributed by atoms with van der Waals surface area (Å²) >= 11 is 0. The van der Waals surface area contributed by atoms with Gasteiger partial charge in [0.05, 0.1) is 6.61 Å². The highest BCUT2D eigenvalue weighted by atomic mass is 16.5. The minimum absolute atomic E-state index is 0.0123. The van der Waals surface area contributed by atoms with E-state index in [1.807, 2.05) is 32.9 Å². The Kier molecular flexibility index (Phi) is 7.36. The zero-order valence-corrected chi connectivity index (χ0v) is 15.7. The van der Waals surface area contributed by atoms with Crippen LogP contribution in [0, 0.1) is 5.92 Å². The Labute approximate surface area is 157 Å². The van der Waals surface area contributed by atoms with Crippen molar-refractivity contribution in [1.29, 1.82) is 0 Å². The van der Waals surface area contributed by atoms with Crippen LogP contribution in [0.1, 0.15) is 36.9 Å². The van der Waals surface area contributed by atoms with Crippen molar-refractivity contribution in [3.8, 4) is 0 Å². The number of furan rings is 1. The number of para-hydroxylation sites is 1. The summed E-state index contributed by atoms with van der Waals surface area (Å²) in [6, 6.07) is 6.52. The van der Waals surface area contributed by atoms with Crippen molar-refractivity contribution in [2.24, 2.45) is 5.92 Å². The molecular weight excluding hydrogens is 352 g/mol. The molecule has 8 nitrogen and oxygen atoms in total. The lowest BCUT2D eigenvalue weighted by molar-refractivity contribution is -0.123. The van der Waals surface area contributed by atoms with Gasteiger partial charge in [0.2, 0.25) is 5.76 Å². The average Bonchev–Trinajstić information content (AvgIpc) is 3.01. The van der Waals surface area contributed by atoms with Crippen molar-refractivity contribution in [3.63, 3.8) is 0 Å². The minimum atomic E-state index is -0.793. The van der Waals surface area contributed by atoms with Crippen LogP contribution in [0.3, 0.4) is 0 Å². The molecule has 0 atom stereocenters. The normalized spacial score (nSPS) is 10.8. The van der Waals surface area contributed by atoms with Gasteiger partial charge in [0.1, 0.15) is 5.58 Å². The molecule has 27 heavy (non-hydrogen) atoms. The Balaban J connectivity index is 1.99. The van der Waals surface area contributed by atoms with Gasteiger partial charge in [0.15, 0.2) is 6.61 Å². The molecule has 0 saturated heterocycles. The fourth-order valence-corrected chi connectivity index (χ4v) is 2.31. The molecule has 2 N–H and O–H groups in total. The summed E-state index contributed by atoms with van der Waals surface area (Å²) in [4.78, 5) is 35.7. The topological polar surface area (TPSA) is 107 Å². The summed E-state index contributed by atoms with van der Waals surface area (Å²) in [6.07, 6.45) is 0. The Morgan fingerprint density at radius 1 is 1.19 bits per heavy atom. The molecule has 0 fully saturated rings. The molecule has 1 aromatic heterocycles.